The number of carbonyl (C=O) groups is 1. The van der Waals surface area contributed by atoms with Crippen LogP contribution in [0.5, 0.6) is 0 Å². The van der Waals surface area contributed by atoms with Gasteiger partial charge in [0.15, 0.2) is 0 Å². The second-order valence-electron chi connectivity index (χ2n) is 2.34. The van der Waals surface area contributed by atoms with Crippen molar-refractivity contribution in [1.29, 1.82) is 0 Å². The van der Waals surface area contributed by atoms with Crippen LogP contribution in [0.15, 0.2) is 33.6 Å². The van der Waals surface area contributed by atoms with Crippen molar-refractivity contribution in [2.75, 3.05) is 5.75 Å². The predicted octanol–water partition coefficient (Wildman–Crippen LogP) is 1.64. The van der Waals surface area contributed by atoms with Gasteiger partial charge in [0, 0.05) is 9.37 Å². The van der Waals surface area contributed by atoms with E-state index in [1.165, 1.54) is 0 Å². The number of aliphatic carboxylic acids is 1. The fourth-order valence-corrected chi connectivity index (χ4v) is 2.23. The van der Waals surface area contributed by atoms with Crippen molar-refractivity contribution in [3.05, 3.63) is 28.7 Å². The third kappa shape index (κ3) is 3.28. The number of carboxylic acids is 1. The van der Waals surface area contributed by atoms with Gasteiger partial charge in [0.25, 0.3) is 0 Å². The molecule has 0 bridgehead atoms. The first-order valence-corrected chi connectivity index (χ1v) is 5.56. The van der Waals surface area contributed by atoms with Gasteiger partial charge in [0.1, 0.15) is 5.75 Å². The average molecular weight is 263 g/mol. The molecule has 1 rings (SSSR count). The number of hydrogen-bond donors (Lipinski definition) is 1. The molecule has 0 aliphatic heterocycles. The normalized spacial score (nSPS) is 12.4. The molecule has 5 heteroatoms. The lowest BCUT2D eigenvalue weighted by Gasteiger charge is -1.98. The van der Waals surface area contributed by atoms with Gasteiger partial charge >= 0.3 is 5.97 Å². The summed E-state index contributed by atoms with van der Waals surface area (Å²) in [7, 11) is -1.45. The van der Waals surface area contributed by atoms with Gasteiger partial charge in [-0.3, -0.25) is 9.00 Å². The second kappa shape index (κ2) is 4.53. The molecule has 1 unspecified atom stereocenters. The summed E-state index contributed by atoms with van der Waals surface area (Å²) >= 11 is 3.21. The lowest BCUT2D eigenvalue weighted by molar-refractivity contribution is -0.133. The van der Waals surface area contributed by atoms with E-state index in [1.807, 2.05) is 0 Å². The van der Waals surface area contributed by atoms with Crippen molar-refractivity contribution in [3.8, 4) is 0 Å². The van der Waals surface area contributed by atoms with Crippen LogP contribution in [0, 0.1) is 0 Å². The second-order valence-corrected chi connectivity index (χ2v) is 4.71. The molecule has 0 amide bonds. The van der Waals surface area contributed by atoms with Crippen molar-refractivity contribution in [1.82, 2.24) is 0 Å². The molecule has 0 radical (unpaired) electrons. The first-order valence-electron chi connectivity index (χ1n) is 3.45. The maximum absolute atomic E-state index is 11.3. The lowest BCUT2D eigenvalue weighted by atomic mass is 10.4. The molecule has 0 fully saturated rings. The van der Waals surface area contributed by atoms with Crippen molar-refractivity contribution in [3.63, 3.8) is 0 Å². The van der Waals surface area contributed by atoms with Crippen molar-refractivity contribution < 1.29 is 14.1 Å². The average Bonchev–Trinajstić information content (AvgIpc) is 2.03. The summed E-state index contributed by atoms with van der Waals surface area (Å²) in [5.41, 5.74) is 0. The minimum Gasteiger partial charge on any atom is -0.481 e. The van der Waals surface area contributed by atoms with E-state index in [-0.39, 0.29) is 5.75 Å². The molecule has 70 valence electrons. The Morgan fingerprint density at radius 2 is 2.23 bits per heavy atom. The number of carboxylic acid groups (broad SMARTS) is 1. The summed E-state index contributed by atoms with van der Waals surface area (Å²) in [6.07, 6.45) is 0. The van der Waals surface area contributed by atoms with Crippen LogP contribution in [0.2, 0.25) is 0 Å². The van der Waals surface area contributed by atoms with E-state index >= 15 is 0 Å². The van der Waals surface area contributed by atoms with Crippen LogP contribution >= 0.6 is 15.9 Å². The van der Waals surface area contributed by atoms with E-state index in [9.17, 15) is 9.00 Å². The maximum Gasteiger partial charge on any atom is 0.316 e. The highest BCUT2D eigenvalue weighted by Crippen LogP contribution is 2.14. The fraction of sp³-hybridized carbons (Fsp3) is 0.125. The van der Waals surface area contributed by atoms with Gasteiger partial charge in [-0.25, -0.2) is 0 Å². The van der Waals surface area contributed by atoms with Gasteiger partial charge < -0.3 is 5.11 Å². The van der Waals surface area contributed by atoms with Crippen LogP contribution in [-0.2, 0) is 15.6 Å². The molecule has 1 aromatic carbocycles. The Bertz CT molecular complexity index is 351. The van der Waals surface area contributed by atoms with E-state index in [0.29, 0.717) is 4.90 Å². The minimum absolute atomic E-state index is 0.351. The van der Waals surface area contributed by atoms with Crippen LogP contribution in [0.4, 0.5) is 0 Å². The SMILES string of the molecule is O=C(O)CS(=O)c1cccc(Br)c1. The van der Waals surface area contributed by atoms with Crippen LogP contribution in [0.25, 0.3) is 0 Å². The smallest absolute Gasteiger partial charge is 0.316 e. The predicted molar refractivity (Wildman–Crippen MR) is 53.1 cm³/mol. The molecule has 1 aromatic rings. The molecule has 0 aliphatic carbocycles. The topological polar surface area (TPSA) is 54.4 Å². The molecule has 0 saturated heterocycles. The van der Waals surface area contributed by atoms with Crippen LogP contribution in [0.3, 0.4) is 0 Å². The van der Waals surface area contributed by atoms with Gasteiger partial charge in [-0.05, 0) is 18.2 Å². The monoisotopic (exact) mass is 262 g/mol. The summed E-state index contributed by atoms with van der Waals surface area (Å²) in [6, 6.07) is 6.81. The zero-order chi connectivity index (χ0) is 9.84. The molecule has 0 aromatic heterocycles. The molecule has 0 saturated carbocycles. The number of benzene rings is 1. The highest BCUT2D eigenvalue weighted by Gasteiger charge is 2.08. The number of hydrogen-bond acceptors (Lipinski definition) is 2. The van der Waals surface area contributed by atoms with Crippen molar-refractivity contribution >= 4 is 32.7 Å². The Labute approximate surface area is 86.4 Å². The molecular formula is C8H7BrO3S. The lowest BCUT2D eigenvalue weighted by Crippen LogP contribution is -2.08. The standard InChI is InChI=1S/C8H7BrO3S/c9-6-2-1-3-7(4-6)13(12)5-8(10)11/h1-4H,5H2,(H,10,11). The number of rotatable bonds is 3. The first kappa shape index (κ1) is 10.4. The Morgan fingerprint density at radius 1 is 1.54 bits per heavy atom. The van der Waals surface area contributed by atoms with Crippen LogP contribution < -0.4 is 0 Å². The van der Waals surface area contributed by atoms with E-state index in [0.717, 1.165) is 4.47 Å². The molecule has 0 spiro atoms. The van der Waals surface area contributed by atoms with E-state index < -0.39 is 16.8 Å². The fourth-order valence-electron chi connectivity index (χ4n) is 0.804. The summed E-state index contributed by atoms with van der Waals surface area (Å²) < 4.78 is 12.1. The highest BCUT2D eigenvalue weighted by molar-refractivity contribution is 9.10. The van der Waals surface area contributed by atoms with Gasteiger partial charge in [-0.2, -0.15) is 0 Å². The molecular weight excluding hydrogens is 256 g/mol. The number of halogens is 1. The van der Waals surface area contributed by atoms with Gasteiger partial charge in [-0.15, -0.1) is 0 Å². The summed E-state index contributed by atoms with van der Waals surface area (Å²) in [5.74, 6) is -1.41. The van der Waals surface area contributed by atoms with Gasteiger partial charge in [-0.1, -0.05) is 22.0 Å². The van der Waals surface area contributed by atoms with Crippen LogP contribution in [-0.4, -0.2) is 21.0 Å². The van der Waals surface area contributed by atoms with Gasteiger partial charge in [0.05, 0.1) is 10.8 Å². The van der Waals surface area contributed by atoms with E-state index in [1.54, 1.807) is 24.3 Å². The molecule has 1 N–H and O–H groups in total. The third-order valence-electron chi connectivity index (χ3n) is 1.31. The zero-order valence-corrected chi connectivity index (χ0v) is 8.97. The van der Waals surface area contributed by atoms with Crippen LogP contribution in [0.1, 0.15) is 0 Å². The van der Waals surface area contributed by atoms with Gasteiger partial charge in [0.2, 0.25) is 0 Å². The summed E-state index contributed by atoms with van der Waals surface area (Å²) in [5, 5.41) is 8.41. The molecule has 1 atom stereocenters. The third-order valence-corrected chi connectivity index (χ3v) is 3.10. The molecule has 3 nitrogen and oxygen atoms in total. The summed E-state index contributed by atoms with van der Waals surface area (Å²) in [4.78, 5) is 10.8. The Hall–Kier alpha value is -0.680. The molecule has 0 aliphatic rings. The van der Waals surface area contributed by atoms with E-state index in [2.05, 4.69) is 15.9 Å². The quantitative estimate of drug-likeness (QED) is 0.901. The molecule has 0 heterocycles. The maximum atomic E-state index is 11.3. The minimum atomic E-state index is -1.45. The zero-order valence-electron chi connectivity index (χ0n) is 6.57. The Morgan fingerprint density at radius 3 is 2.77 bits per heavy atom. The van der Waals surface area contributed by atoms with E-state index in [4.69, 9.17) is 5.11 Å². The van der Waals surface area contributed by atoms with Crippen molar-refractivity contribution in [2.24, 2.45) is 0 Å². The largest absolute Gasteiger partial charge is 0.481 e. The Kier molecular flexibility index (Phi) is 3.62. The Balaban J connectivity index is 2.83. The first-order chi connectivity index (χ1) is 6.09. The summed E-state index contributed by atoms with van der Waals surface area (Å²) in [6.45, 7) is 0. The molecule has 13 heavy (non-hydrogen) atoms. The highest BCUT2D eigenvalue weighted by atomic mass is 79.9. The van der Waals surface area contributed by atoms with Crippen molar-refractivity contribution in [2.45, 2.75) is 4.90 Å².